The molecule has 0 saturated heterocycles. The van der Waals surface area contributed by atoms with Crippen molar-refractivity contribution in [2.24, 2.45) is 5.73 Å². The van der Waals surface area contributed by atoms with Crippen molar-refractivity contribution in [2.45, 2.75) is 6.92 Å². The number of nitro groups is 1. The number of anilines is 2. The number of primary amides is 1. The molecule has 1 amide bonds. The zero-order valence-electron chi connectivity index (χ0n) is 10.2. The van der Waals surface area contributed by atoms with Gasteiger partial charge in [0.1, 0.15) is 5.82 Å². The Morgan fingerprint density at radius 1 is 1.61 bits per heavy atom. The number of pyridine rings is 1. The molecule has 3 N–H and O–H groups in total. The normalized spacial score (nSPS) is 9.89. The fraction of sp³-hybridized carbons (Fsp3) is 0.400. The highest BCUT2D eigenvalue weighted by Gasteiger charge is 2.20. The Bertz CT molecular complexity index is 463. The summed E-state index contributed by atoms with van der Waals surface area (Å²) in [5, 5.41) is 13.8. The van der Waals surface area contributed by atoms with Gasteiger partial charge in [-0.25, -0.2) is 4.98 Å². The van der Waals surface area contributed by atoms with Gasteiger partial charge in [0, 0.05) is 19.7 Å². The largest absolute Gasteiger partial charge is 0.370 e. The van der Waals surface area contributed by atoms with E-state index in [1.807, 2.05) is 6.92 Å². The van der Waals surface area contributed by atoms with Crippen molar-refractivity contribution in [2.75, 3.05) is 30.4 Å². The van der Waals surface area contributed by atoms with E-state index in [1.54, 1.807) is 0 Å². The van der Waals surface area contributed by atoms with Crippen LogP contribution in [0.1, 0.15) is 6.92 Å². The molecule has 1 heterocycles. The number of hydrogen-bond acceptors (Lipinski definition) is 6. The standard InChI is InChI=1S/C10H15N5O3/c1-3-12-9-5-4-7(15(17)18)10(13-9)14(2)6-8(11)16/h4-5H,3,6H2,1-2H3,(H2,11,16)(H,12,13). The molecule has 8 heteroatoms. The van der Waals surface area contributed by atoms with E-state index in [2.05, 4.69) is 10.3 Å². The first-order valence-electron chi connectivity index (χ1n) is 5.34. The van der Waals surface area contributed by atoms with E-state index in [4.69, 9.17) is 5.73 Å². The van der Waals surface area contributed by atoms with E-state index in [1.165, 1.54) is 24.1 Å². The Balaban J connectivity index is 3.13. The van der Waals surface area contributed by atoms with E-state index in [0.29, 0.717) is 12.4 Å². The highest BCUT2D eigenvalue weighted by atomic mass is 16.6. The second-order valence-electron chi connectivity index (χ2n) is 3.65. The average Bonchev–Trinajstić information content (AvgIpc) is 2.28. The van der Waals surface area contributed by atoms with Crippen LogP contribution in [-0.2, 0) is 4.79 Å². The summed E-state index contributed by atoms with van der Waals surface area (Å²) in [5.41, 5.74) is 4.89. The molecule has 0 aromatic carbocycles. The molecule has 18 heavy (non-hydrogen) atoms. The summed E-state index contributed by atoms with van der Waals surface area (Å²) >= 11 is 0. The lowest BCUT2D eigenvalue weighted by Crippen LogP contribution is -2.31. The number of carbonyl (C=O) groups is 1. The number of amides is 1. The number of nitrogens with two attached hydrogens (primary N) is 1. The number of hydrogen-bond donors (Lipinski definition) is 2. The SMILES string of the molecule is CCNc1ccc([N+](=O)[O-])c(N(C)CC(N)=O)n1. The molecule has 0 fully saturated rings. The maximum Gasteiger partial charge on any atom is 0.311 e. The van der Waals surface area contributed by atoms with Crippen LogP contribution in [0.15, 0.2) is 12.1 Å². The Morgan fingerprint density at radius 2 is 2.28 bits per heavy atom. The Morgan fingerprint density at radius 3 is 2.78 bits per heavy atom. The van der Waals surface area contributed by atoms with Gasteiger partial charge in [-0.3, -0.25) is 14.9 Å². The van der Waals surface area contributed by atoms with Crippen molar-refractivity contribution in [3.8, 4) is 0 Å². The first-order valence-corrected chi connectivity index (χ1v) is 5.34. The van der Waals surface area contributed by atoms with Crippen LogP contribution < -0.4 is 16.0 Å². The lowest BCUT2D eigenvalue weighted by Gasteiger charge is -2.16. The second kappa shape index (κ2) is 5.80. The van der Waals surface area contributed by atoms with E-state index in [9.17, 15) is 14.9 Å². The van der Waals surface area contributed by atoms with Gasteiger partial charge in [0.2, 0.25) is 11.7 Å². The maximum atomic E-state index is 10.9. The van der Waals surface area contributed by atoms with Crippen LogP contribution in [0.3, 0.4) is 0 Å². The second-order valence-corrected chi connectivity index (χ2v) is 3.65. The monoisotopic (exact) mass is 253 g/mol. The summed E-state index contributed by atoms with van der Waals surface area (Å²) in [6.07, 6.45) is 0. The predicted molar refractivity (Wildman–Crippen MR) is 67.5 cm³/mol. The fourth-order valence-corrected chi connectivity index (χ4v) is 1.45. The lowest BCUT2D eigenvalue weighted by atomic mass is 10.3. The lowest BCUT2D eigenvalue weighted by molar-refractivity contribution is -0.384. The molecule has 0 aliphatic heterocycles. The van der Waals surface area contributed by atoms with Crippen LogP contribution in [0.2, 0.25) is 0 Å². The van der Waals surface area contributed by atoms with Crippen molar-refractivity contribution >= 4 is 23.2 Å². The van der Waals surface area contributed by atoms with Crippen molar-refractivity contribution in [1.29, 1.82) is 0 Å². The third-order valence-electron chi connectivity index (χ3n) is 2.16. The molecule has 0 atom stereocenters. The van der Waals surface area contributed by atoms with Gasteiger partial charge in [0.15, 0.2) is 0 Å². The first-order chi connectivity index (χ1) is 8.45. The van der Waals surface area contributed by atoms with Crippen LogP contribution in [0.4, 0.5) is 17.3 Å². The molecular formula is C10H15N5O3. The molecule has 0 unspecified atom stereocenters. The summed E-state index contributed by atoms with van der Waals surface area (Å²) in [6.45, 7) is 2.39. The summed E-state index contributed by atoms with van der Waals surface area (Å²) in [6, 6.07) is 2.86. The third-order valence-corrected chi connectivity index (χ3v) is 2.16. The Kier molecular flexibility index (Phi) is 4.41. The van der Waals surface area contributed by atoms with E-state index < -0.39 is 10.8 Å². The number of aromatic nitrogens is 1. The van der Waals surface area contributed by atoms with Gasteiger partial charge >= 0.3 is 5.69 Å². The minimum atomic E-state index is -0.581. The molecule has 1 aromatic heterocycles. The molecule has 98 valence electrons. The smallest absolute Gasteiger partial charge is 0.311 e. The number of rotatable bonds is 6. The molecule has 1 aromatic rings. The summed E-state index contributed by atoms with van der Waals surface area (Å²) in [7, 11) is 1.52. The maximum absolute atomic E-state index is 10.9. The minimum Gasteiger partial charge on any atom is -0.370 e. The summed E-state index contributed by atoms with van der Waals surface area (Å²) in [4.78, 5) is 26.6. The van der Waals surface area contributed by atoms with Crippen LogP contribution in [-0.4, -0.2) is 36.0 Å². The quantitative estimate of drug-likeness (QED) is 0.558. The molecule has 0 saturated carbocycles. The van der Waals surface area contributed by atoms with Crippen molar-refractivity contribution in [1.82, 2.24) is 4.98 Å². The van der Waals surface area contributed by atoms with Crippen molar-refractivity contribution in [3.05, 3.63) is 22.2 Å². The Hall–Kier alpha value is -2.38. The first kappa shape index (κ1) is 13.7. The highest BCUT2D eigenvalue weighted by molar-refractivity contribution is 5.80. The highest BCUT2D eigenvalue weighted by Crippen LogP contribution is 2.26. The van der Waals surface area contributed by atoms with Gasteiger partial charge < -0.3 is 16.0 Å². The number of nitrogens with zero attached hydrogens (tertiary/aromatic N) is 3. The zero-order chi connectivity index (χ0) is 13.7. The summed E-state index contributed by atoms with van der Waals surface area (Å²) in [5.74, 6) is 0.0362. The van der Waals surface area contributed by atoms with Crippen molar-refractivity contribution in [3.63, 3.8) is 0 Å². The van der Waals surface area contributed by atoms with Crippen LogP contribution >= 0.6 is 0 Å². The predicted octanol–water partition coefficient (Wildman–Crippen LogP) is 0.343. The van der Waals surface area contributed by atoms with Gasteiger partial charge in [-0.15, -0.1) is 0 Å². The van der Waals surface area contributed by atoms with E-state index >= 15 is 0 Å². The molecule has 0 aliphatic rings. The van der Waals surface area contributed by atoms with Gasteiger partial charge in [-0.2, -0.15) is 0 Å². The Labute approximate surface area is 104 Å². The van der Waals surface area contributed by atoms with E-state index in [0.717, 1.165) is 0 Å². The molecule has 8 nitrogen and oxygen atoms in total. The van der Waals surface area contributed by atoms with Crippen LogP contribution in [0.5, 0.6) is 0 Å². The van der Waals surface area contributed by atoms with Gasteiger partial charge in [-0.05, 0) is 13.0 Å². The molecule has 0 bridgehead atoms. The average molecular weight is 253 g/mol. The van der Waals surface area contributed by atoms with Gasteiger partial charge in [0.25, 0.3) is 0 Å². The zero-order valence-corrected chi connectivity index (χ0v) is 10.2. The third kappa shape index (κ3) is 3.30. The number of carbonyl (C=O) groups excluding carboxylic acids is 1. The van der Waals surface area contributed by atoms with Gasteiger partial charge in [0.05, 0.1) is 11.5 Å². The van der Waals surface area contributed by atoms with E-state index in [-0.39, 0.29) is 18.1 Å². The topological polar surface area (TPSA) is 114 Å². The summed E-state index contributed by atoms with van der Waals surface area (Å²) < 4.78 is 0. The molecule has 1 rings (SSSR count). The van der Waals surface area contributed by atoms with Gasteiger partial charge in [-0.1, -0.05) is 0 Å². The minimum absolute atomic E-state index is 0.109. The molecule has 0 spiro atoms. The number of likely N-dealkylation sites (N-methyl/N-ethyl adjacent to an activating group) is 1. The fourth-order valence-electron chi connectivity index (χ4n) is 1.45. The number of nitrogens with one attached hydrogen (secondary N) is 1. The van der Waals surface area contributed by atoms with Crippen molar-refractivity contribution < 1.29 is 9.72 Å². The van der Waals surface area contributed by atoms with Crippen LogP contribution in [0, 0.1) is 10.1 Å². The molecule has 0 aliphatic carbocycles. The molecule has 0 radical (unpaired) electrons. The molecular weight excluding hydrogens is 238 g/mol. The van der Waals surface area contributed by atoms with Crippen LogP contribution in [0.25, 0.3) is 0 Å².